The number of nitrogens with zero attached hydrogens (tertiary/aromatic N) is 3. The second kappa shape index (κ2) is 8.00. The molecular weight excluding hydrogens is 352 g/mol. The van der Waals surface area contributed by atoms with Gasteiger partial charge in [-0.3, -0.25) is 4.79 Å². The van der Waals surface area contributed by atoms with Gasteiger partial charge < -0.3 is 4.74 Å². The fourth-order valence-electron chi connectivity index (χ4n) is 3.39. The van der Waals surface area contributed by atoms with Gasteiger partial charge in [0.1, 0.15) is 5.75 Å². The summed E-state index contributed by atoms with van der Waals surface area (Å²) in [5.41, 5.74) is 4.32. The van der Waals surface area contributed by atoms with Gasteiger partial charge >= 0.3 is 0 Å². The van der Waals surface area contributed by atoms with Crippen LogP contribution >= 0.6 is 0 Å². The molecule has 0 saturated heterocycles. The molecule has 1 atom stereocenters. The molecule has 140 valence electrons. The van der Waals surface area contributed by atoms with Crippen LogP contribution in [0.15, 0.2) is 75.7 Å². The van der Waals surface area contributed by atoms with Crippen molar-refractivity contribution >= 4 is 11.9 Å². The highest BCUT2D eigenvalue weighted by molar-refractivity contribution is 6.03. The molecule has 1 N–H and O–H groups in total. The van der Waals surface area contributed by atoms with Crippen LogP contribution in [0.5, 0.6) is 5.75 Å². The maximum absolute atomic E-state index is 11.8. The number of fused-ring (bicyclic) bond motifs is 1. The summed E-state index contributed by atoms with van der Waals surface area (Å²) in [5.74, 6) is 1.04. The molecule has 4 rings (SSSR count). The lowest BCUT2D eigenvalue weighted by atomic mass is 9.81. The van der Waals surface area contributed by atoms with E-state index in [2.05, 4.69) is 32.5 Å². The van der Waals surface area contributed by atoms with Crippen LogP contribution in [0.1, 0.15) is 34.7 Å². The predicted molar refractivity (Wildman–Crippen MR) is 109 cm³/mol. The van der Waals surface area contributed by atoms with E-state index in [0.717, 1.165) is 34.7 Å². The van der Waals surface area contributed by atoms with E-state index in [4.69, 9.17) is 4.74 Å². The van der Waals surface area contributed by atoms with Crippen molar-refractivity contribution in [2.75, 3.05) is 7.11 Å². The van der Waals surface area contributed by atoms with Gasteiger partial charge in [0.2, 0.25) is 0 Å². The lowest BCUT2D eigenvalue weighted by Gasteiger charge is -2.24. The highest BCUT2D eigenvalue weighted by Crippen LogP contribution is 2.31. The number of hydrogen-bond donors (Lipinski definition) is 1. The Kier molecular flexibility index (Phi) is 5.10. The zero-order valence-corrected chi connectivity index (χ0v) is 15.5. The average Bonchev–Trinajstić information content (AvgIpc) is 2.75. The van der Waals surface area contributed by atoms with Crippen LogP contribution in [-0.2, 0) is 6.42 Å². The predicted octanol–water partition coefficient (Wildman–Crippen LogP) is 3.33. The van der Waals surface area contributed by atoms with E-state index in [-0.39, 0.29) is 11.5 Å². The minimum atomic E-state index is -0.233. The third kappa shape index (κ3) is 3.91. The highest BCUT2D eigenvalue weighted by atomic mass is 16.5. The van der Waals surface area contributed by atoms with E-state index in [1.165, 1.54) is 5.56 Å². The molecule has 0 saturated carbocycles. The number of benzene rings is 2. The summed E-state index contributed by atoms with van der Waals surface area (Å²) in [4.78, 5) is 11.8. The third-order valence-electron chi connectivity index (χ3n) is 4.85. The first kappa shape index (κ1) is 17.9. The second-order valence-corrected chi connectivity index (χ2v) is 6.67. The average molecular weight is 372 g/mol. The number of aromatic nitrogens is 2. The number of ether oxygens (including phenoxy) is 1. The summed E-state index contributed by atoms with van der Waals surface area (Å²) >= 11 is 0. The van der Waals surface area contributed by atoms with E-state index in [1.807, 2.05) is 42.5 Å². The molecule has 28 heavy (non-hydrogen) atoms. The Morgan fingerprint density at radius 2 is 1.89 bits per heavy atom. The van der Waals surface area contributed by atoms with Gasteiger partial charge in [-0.15, -0.1) is 0 Å². The number of methoxy groups -OCH3 is 1. The summed E-state index contributed by atoms with van der Waals surface area (Å²) < 4.78 is 5.16. The van der Waals surface area contributed by atoms with E-state index in [9.17, 15) is 4.79 Å². The lowest BCUT2D eigenvalue weighted by molar-refractivity contribution is 0.415. The van der Waals surface area contributed by atoms with Crippen LogP contribution in [-0.4, -0.2) is 29.2 Å². The first-order valence-corrected chi connectivity index (χ1v) is 9.11. The smallest absolute Gasteiger partial charge is 0.264 e. The van der Waals surface area contributed by atoms with Crippen molar-refractivity contribution in [2.24, 2.45) is 10.2 Å². The van der Waals surface area contributed by atoms with Gasteiger partial charge in [-0.2, -0.15) is 15.3 Å². The van der Waals surface area contributed by atoms with Crippen molar-refractivity contribution < 1.29 is 4.74 Å². The molecule has 0 bridgehead atoms. The van der Waals surface area contributed by atoms with Crippen molar-refractivity contribution in [1.82, 2.24) is 10.2 Å². The van der Waals surface area contributed by atoms with Crippen LogP contribution in [0.3, 0.4) is 0 Å². The van der Waals surface area contributed by atoms with E-state index in [1.54, 1.807) is 19.4 Å². The van der Waals surface area contributed by atoms with Crippen LogP contribution in [0.4, 0.5) is 0 Å². The van der Waals surface area contributed by atoms with Crippen molar-refractivity contribution in [3.8, 4) is 5.75 Å². The summed E-state index contributed by atoms with van der Waals surface area (Å²) in [5, 5.41) is 15.5. The van der Waals surface area contributed by atoms with Gasteiger partial charge in [-0.25, -0.2) is 5.10 Å². The summed E-state index contributed by atoms with van der Waals surface area (Å²) in [6.45, 7) is 0. The zero-order valence-electron chi connectivity index (χ0n) is 15.5. The molecule has 1 aliphatic carbocycles. The summed E-state index contributed by atoms with van der Waals surface area (Å²) in [6.07, 6.45) is 3.16. The highest BCUT2D eigenvalue weighted by Gasteiger charge is 2.26. The molecule has 0 amide bonds. The molecule has 0 spiro atoms. The Bertz CT molecular complexity index is 1070. The largest absolute Gasteiger partial charge is 0.497 e. The summed E-state index contributed by atoms with van der Waals surface area (Å²) in [6, 6.07) is 19.4. The molecule has 3 aromatic rings. The maximum Gasteiger partial charge on any atom is 0.264 e. The minimum Gasteiger partial charge on any atom is -0.497 e. The van der Waals surface area contributed by atoms with E-state index >= 15 is 0 Å². The number of rotatable bonds is 4. The zero-order chi connectivity index (χ0) is 19.3. The second-order valence-electron chi connectivity index (χ2n) is 6.67. The number of aromatic amines is 1. The Hall–Kier alpha value is -3.54. The van der Waals surface area contributed by atoms with Gasteiger partial charge in [0.15, 0.2) is 0 Å². The SMILES string of the molecule is COc1ccc(/C=N/N=C2/CC(c3ccccc3)Cc3n[nH]c(=O)cc32)cc1. The molecule has 1 aromatic heterocycles. The monoisotopic (exact) mass is 372 g/mol. The molecule has 1 unspecified atom stereocenters. The van der Waals surface area contributed by atoms with Gasteiger partial charge in [0.25, 0.3) is 5.56 Å². The quantitative estimate of drug-likeness (QED) is 0.563. The fourth-order valence-corrected chi connectivity index (χ4v) is 3.39. The van der Waals surface area contributed by atoms with Crippen LogP contribution in [0, 0.1) is 0 Å². The van der Waals surface area contributed by atoms with Gasteiger partial charge in [0, 0.05) is 11.6 Å². The topological polar surface area (TPSA) is 79.7 Å². The number of hydrogen-bond acceptors (Lipinski definition) is 5. The Morgan fingerprint density at radius 3 is 2.64 bits per heavy atom. The normalized spacial score (nSPS) is 17.6. The Balaban J connectivity index is 1.65. The molecule has 6 nitrogen and oxygen atoms in total. The van der Waals surface area contributed by atoms with Crippen molar-refractivity contribution in [3.05, 3.63) is 93.4 Å². The first-order valence-electron chi connectivity index (χ1n) is 9.11. The lowest BCUT2D eigenvalue weighted by Crippen LogP contribution is -2.24. The molecular formula is C22H20N4O2. The Labute approximate surface area is 162 Å². The molecule has 0 fully saturated rings. The molecule has 0 aliphatic heterocycles. The van der Waals surface area contributed by atoms with Gasteiger partial charge in [-0.05, 0) is 54.2 Å². The van der Waals surface area contributed by atoms with Crippen molar-refractivity contribution in [2.45, 2.75) is 18.8 Å². The van der Waals surface area contributed by atoms with Crippen molar-refractivity contribution in [1.29, 1.82) is 0 Å². The first-order chi connectivity index (χ1) is 13.7. The van der Waals surface area contributed by atoms with Gasteiger partial charge in [-0.1, -0.05) is 30.3 Å². The molecule has 2 aromatic carbocycles. The van der Waals surface area contributed by atoms with Crippen LogP contribution in [0.25, 0.3) is 0 Å². The van der Waals surface area contributed by atoms with Crippen molar-refractivity contribution in [3.63, 3.8) is 0 Å². The molecule has 1 heterocycles. The fraction of sp³-hybridized carbons (Fsp3) is 0.182. The van der Waals surface area contributed by atoms with E-state index < -0.39 is 0 Å². The molecule has 6 heteroatoms. The minimum absolute atomic E-state index is 0.233. The van der Waals surface area contributed by atoms with Crippen LogP contribution in [0.2, 0.25) is 0 Å². The molecule has 1 aliphatic rings. The number of nitrogens with one attached hydrogen (secondary N) is 1. The third-order valence-corrected chi connectivity index (χ3v) is 4.85. The number of H-pyrrole nitrogens is 1. The Morgan fingerprint density at radius 1 is 1.11 bits per heavy atom. The molecule has 0 radical (unpaired) electrons. The maximum atomic E-state index is 11.8. The van der Waals surface area contributed by atoms with Gasteiger partial charge in [0.05, 0.1) is 24.7 Å². The summed E-state index contributed by atoms with van der Waals surface area (Å²) in [7, 11) is 1.63. The van der Waals surface area contributed by atoms with Crippen LogP contribution < -0.4 is 10.3 Å². The van der Waals surface area contributed by atoms with E-state index in [0.29, 0.717) is 6.42 Å². The standard InChI is InChI=1S/C22H20N4O2/c1-28-18-9-7-15(8-10-18)14-23-24-20-11-17(16-5-3-2-4-6-16)12-21-19(20)13-22(27)26-25-21/h2-10,13-14,17H,11-12H2,1H3,(H,26,27)/b23-14+,24-20-.